The Morgan fingerprint density at radius 3 is 2.41 bits per heavy atom. The van der Waals surface area contributed by atoms with Crippen molar-refractivity contribution in [1.82, 2.24) is 5.32 Å². The number of aliphatic carboxylic acids is 1. The molecule has 6 nitrogen and oxygen atoms in total. The minimum Gasteiger partial charge on any atom is -0.479 e. The van der Waals surface area contributed by atoms with E-state index in [0.29, 0.717) is 5.88 Å². The minimum absolute atomic E-state index is 0.0485. The number of carboxylic acids is 1. The Labute approximate surface area is 105 Å². The van der Waals surface area contributed by atoms with Crippen molar-refractivity contribution in [2.45, 2.75) is 18.6 Å². The largest absolute Gasteiger partial charge is 0.479 e. The van der Waals surface area contributed by atoms with E-state index in [1.165, 1.54) is 13.6 Å². The molecule has 1 amide bonds. The number of nitrogens with one attached hydrogen (secondary N) is 1. The number of hydrogen-bond acceptors (Lipinski definition) is 4. The van der Waals surface area contributed by atoms with Crippen LogP contribution in [0, 0.1) is 0 Å². The van der Waals surface area contributed by atoms with Gasteiger partial charge in [0, 0.05) is 25.8 Å². The van der Waals surface area contributed by atoms with E-state index in [0.717, 1.165) is 0 Å². The van der Waals surface area contributed by atoms with Crippen LogP contribution < -0.4 is 5.32 Å². The van der Waals surface area contributed by atoms with E-state index in [9.17, 15) is 14.2 Å². The lowest BCUT2D eigenvalue weighted by atomic mass is 10.2. The minimum atomic E-state index is -2.51. The second-order valence-corrected chi connectivity index (χ2v) is 5.84. The van der Waals surface area contributed by atoms with Crippen LogP contribution in [0.2, 0.25) is 0 Å². The fourth-order valence-corrected chi connectivity index (χ4v) is 2.54. The van der Waals surface area contributed by atoms with Crippen molar-refractivity contribution in [3.63, 3.8) is 0 Å². The molecule has 0 fully saturated rings. The van der Waals surface area contributed by atoms with Gasteiger partial charge in [-0.3, -0.25) is 4.79 Å². The van der Waals surface area contributed by atoms with Gasteiger partial charge in [0.05, 0.1) is 6.61 Å². The van der Waals surface area contributed by atoms with Gasteiger partial charge in [0.2, 0.25) is 5.91 Å². The number of carbonyl (C=O) groups is 2. The Kier molecular flexibility index (Phi) is 7.43. The lowest BCUT2D eigenvalue weighted by Crippen LogP contribution is -2.51. The maximum absolute atomic E-state index is 11.6. The van der Waals surface area contributed by atoms with E-state index < -0.39 is 25.0 Å². The predicted molar refractivity (Wildman–Crippen MR) is 65.3 cm³/mol. The van der Waals surface area contributed by atoms with Gasteiger partial charge in [-0.2, -0.15) is 0 Å². The molecule has 0 bridgehead atoms. The molecule has 8 heteroatoms. The van der Waals surface area contributed by atoms with Crippen LogP contribution in [-0.4, -0.2) is 48.0 Å². The first-order valence-corrected chi connectivity index (χ1v) is 7.48. The molecule has 0 aromatic rings. The molecule has 2 unspecified atom stereocenters. The summed E-state index contributed by atoms with van der Waals surface area (Å²) in [7, 11) is -2.51. The second-order valence-electron chi connectivity index (χ2n) is 3.50. The first-order valence-electron chi connectivity index (χ1n) is 5.03. The van der Waals surface area contributed by atoms with Crippen LogP contribution in [0.25, 0.3) is 0 Å². The molecular weight excluding hydrogens is 269 g/mol. The summed E-state index contributed by atoms with van der Waals surface area (Å²) in [4.78, 5) is 22.2. The quantitative estimate of drug-likeness (QED) is 0.390. The predicted octanol–water partition coefficient (Wildman–Crippen LogP) is 0.738. The summed E-state index contributed by atoms with van der Waals surface area (Å²) < 4.78 is 16.7. The number of alkyl halides is 1. The maximum Gasteiger partial charge on any atom is 0.337 e. The normalized spacial score (nSPS) is 15.9. The van der Waals surface area contributed by atoms with Gasteiger partial charge < -0.3 is 19.7 Å². The summed E-state index contributed by atoms with van der Waals surface area (Å²) >= 11 is 5.39. The molecule has 100 valence electrons. The first kappa shape index (κ1) is 16.4. The Hall–Kier alpha value is -0.580. The van der Waals surface area contributed by atoms with Gasteiger partial charge in [0.1, 0.15) is 7.80 Å². The Balaban J connectivity index is 4.74. The zero-order valence-corrected chi connectivity index (χ0v) is 11.5. The van der Waals surface area contributed by atoms with Gasteiger partial charge in [-0.1, -0.05) is 0 Å². The molecule has 0 saturated heterocycles. The number of carboxylic acid groups (broad SMARTS) is 1. The van der Waals surface area contributed by atoms with Crippen molar-refractivity contribution >= 4 is 31.3 Å². The van der Waals surface area contributed by atoms with Gasteiger partial charge in [-0.25, -0.2) is 4.79 Å². The molecule has 0 radical (unpaired) electrons. The average Bonchev–Trinajstić information content (AvgIpc) is 2.21. The second kappa shape index (κ2) is 7.69. The van der Waals surface area contributed by atoms with Crippen LogP contribution in [0.1, 0.15) is 13.3 Å². The van der Waals surface area contributed by atoms with Crippen LogP contribution in [0.3, 0.4) is 0 Å². The SMILES string of the molecule is CC(=O)NC(CCOCCCl)(C(=O)O)[PH](C)=O. The van der Waals surface area contributed by atoms with E-state index >= 15 is 0 Å². The Bertz CT molecular complexity index is 296. The smallest absolute Gasteiger partial charge is 0.337 e. The molecule has 0 aliphatic rings. The van der Waals surface area contributed by atoms with E-state index in [1.807, 2.05) is 0 Å². The highest BCUT2D eigenvalue weighted by atomic mass is 35.5. The molecule has 0 aliphatic carbocycles. The van der Waals surface area contributed by atoms with Crippen LogP contribution in [0.5, 0.6) is 0 Å². The zero-order valence-electron chi connectivity index (χ0n) is 9.79. The molecule has 0 aromatic heterocycles. The van der Waals surface area contributed by atoms with E-state index in [1.54, 1.807) is 0 Å². The molecule has 0 spiro atoms. The lowest BCUT2D eigenvalue weighted by Gasteiger charge is -2.28. The number of amides is 1. The van der Waals surface area contributed by atoms with E-state index in [-0.39, 0.29) is 19.6 Å². The van der Waals surface area contributed by atoms with E-state index in [2.05, 4.69) is 5.32 Å². The first-order chi connectivity index (χ1) is 7.86. The third kappa shape index (κ3) is 5.06. The standard InChI is InChI=1S/C9H17ClNO5P/c1-7(12)11-9(8(13)14,17(2)15)3-5-16-6-4-10/h17H,3-6H2,1-2H3,(H,11,12)(H,13,14). The van der Waals surface area contributed by atoms with Crippen molar-refractivity contribution in [2.75, 3.05) is 25.8 Å². The van der Waals surface area contributed by atoms with Gasteiger partial charge in [-0.15, -0.1) is 11.6 Å². The van der Waals surface area contributed by atoms with Crippen LogP contribution in [-0.2, 0) is 18.9 Å². The third-order valence-corrected chi connectivity index (χ3v) is 4.14. The summed E-state index contributed by atoms with van der Waals surface area (Å²) in [6.45, 7) is 2.84. The van der Waals surface area contributed by atoms with Crippen LogP contribution in [0.4, 0.5) is 0 Å². The molecule has 0 aromatic carbocycles. The summed E-state index contributed by atoms with van der Waals surface area (Å²) in [5.41, 5.74) is 0. The molecule has 2 atom stereocenters. The van der Waals surface area contributed by atoms with E-state index in [4.69, 9.17) is 21.4 Å². The van der Waals surface area contributed by atoms with Gasteiger partial charge in [0.15, 0.2) is 5.28 Å². The average molecular weight is 286 g/mol. The number of carbonyl (C=O) groups excluding carboxylic acids is 1. The fourth-order valence-electron chi connectivity index (χ4n) is 1.32. The highest BCUT2D eigenvalue weighted by Crippen LogP contribution is 2.36. The number of rotatable bonds is 8. The van der Waals surface area contributed by atoms with Crippen molar-refractivity contribution in [2.24, 2.45) is 0 Å². The topological polar surface area (TPSA) is 92.7 Å². The van der Waals surface area contributed by atoms with Crippen molar-refractivity contribution in [3.8, 4) is 0 Å². The third-order valence-electron chi connectivity index (χ3n) is 2.20. The Morgan fingerprint density at radius 2 is 2.06 bits per heavy atom. The summed E-state index contributed by atoms with van der Waals surface area (Å²) in [5, 5.41) is 9.65. The fraction of sp³-hybridized carbons (Fsp3) is 0.778. The van der Waals surface area contributed by atoms with Gasteiger partial charge in [-0.05, 0) is 6.66 Å². The summed E-state index contributed by atoms with van der Waals surface area (Å²) in [5.74, 6) is -1.56. The van der Waals surface area contributed by atoms with Gasteiger partial charge >= 0.3 is 5.97 Å². The molecular formula is C9H17ClNO5P. The zero-order chi connectivity index (χ0) is 13.5. The Morgan fingerprint density at radius 1 is 1.47 bits per heavy atom. The lowest BCUT2D eigenvalue weighted by molar-refractivity contribution is -0.144. The highest BCUT2D eigenvalue weighted by molar-refractivity contribution is 7.47. The summed E-state index contributed by atoms with van der Waals surface area (Å²) in [6.07, 6.45) is -0.0485. The van der Waals surface area contributed by atoms with Crippen molar-refractivity contribution in [3.05, 3.63) is 0 Å². The molecule has 0 saturated carbocycles. The molecule has 17 heavy (non-hydrogen) atoms. The molecule has 0 heterocycles. The monoisotopic (exact) mass is 285 g/mol. The van der Waals surface area contributed by atoms with Crippen molar-refractivity contribution < 1.29 is 24.0 Å². The van der Waals surface area contributed by atoms with Crippen LogP contribution >= 0.6 is 19.4 Å². The van der Waals surface area contributed by atoms with Crippen molar-refractivity contribution in [1.29, 1.82) is 0 Å². The molecule has 0 aliphatic heterocycles. The summed E-state index contributed by atoms with van der Waals surface area (Å²) in [6, 6.07) is 0. The maximum atomic E-state index is 11.6. The molecule has 0 rings (SSSR count). The number of hydrogen-bond donors (Lipinski definition) is 2. The van der Waals surface area contributed by atoms with Crippen LogP contribution in [0.15, 0.2) is 0 Å². The highest BCUT2D eigenvalue weighted by Gasteiger charge is 2.42. The van der Waals surface area contributed by atoms with Gasteiger partial charge in [0.25, 0.3) is 0 Å². The number of halogens is 1. The molecule has 2 N–H and O–H groups in total. The number of ether oxygens (including phenoxy) is 1.